The van der Waals surface area contributed by atoms with Crippen molar-refractivity contribution in [1.82, 2.24) is 0 Å². The van der Waals surface area contributed by atoms with Crippen molar-refractivity contribution >= 4 is 11.8 Å². The van der Waals surface area contributed by atoms with E-state index in [9.17, 15) is 27.9 Å². The smallest absolute Gasteiger partial charge is 0.456 e. The lowest BCUT2D eigenvalue weighted by molar-refractivity contribution is -0.377. The molecular formula is C18H17F3O5. The molecule has 1 heterocycles. The zero-order valence-electron chi connectivity index (χ0n) is 13.9. The first-order valence-electron chi connectivity index (χ1n) is 8.16. The number of allylic oxidation sites excluding steroid dienone is 2. The number of rotatable bonds is 3. The number of halogens is 3. The first-order chi connectivity index (χ1) is 12.2. The van der Waals surface area contributed by atoms with Gasteiger partial charge in [0.1, 0.15) is 11.7 Å². The number of carbonyl (C=O) groups excluding carboxylic acids is 2. The number of ether oxygens (including phenoxy) is 2. The number of hydrogen-bond donors (Lipinski definition) is 1. The highest BCUT2D eigenvalue weighted by Crippen LogP contribution is 2.54. The van der Waals surface area contributed by atoms with Crippen LogP contribution in [0.5, 0.6) is 0 Å². The Morgan fingerprint density at radius 3 is 2.54 bits per heavy atom. The van der Waals surface area contributed by atoms with Gasteiger partial charge in [-0.05, 0) is 12.5 Å². The van der Waals surface area contributed by atoms with E-state index in [4.69, 9.17) is 9.47 Å². The van der Waals surface area contributed by atoms with Crippen LogP contribution in [0, 0.1) is 5.92 Å². The van der Waals surface area contributed by atoms with Gasteiger partial charge in [-0.2, -0.15) is 13.2 Å². The molecule has 0 spiro atoms. The van der Waals surface area contributed by atoms with Gasteiger partial charge in [0.2, 0.25) is 0 Å². The average molecular weight is 370 g/mol. The minimum atomic E-state index is -5.26. The van der Waals surface area contributed by atoms with Crippen molar-refractivity contribution in [2.24, 2.45) is 5.92 Å². The van der Waals surface area contributed by atoms with E-state index in [1.165, 1.54) is 19.1 Å². The Hall–Kier alpha value is -2.35. The summed E-state index contributed by atoms with van der Waals surface area (Å²) in [5, 5.41) is 10.4. The Labute approximate surface area is 147 Å². The zero-order chi connectivity index (χ0) is 19.1. The van der Waals surface area contributed by atoms with E-state index in [2.05, 4.69) is 0 Å². The predicted molar refractivity (Wildman–Crippen MR) is 82.7 cm³/mol. The van der Waals surface area contributed by atoms with E-state index in [0.717, 1.165) is 0 Å². The van der Waals surface area contributed by atoms with Crippen LogP contribution in [0.15, 0.2) is 41.7 Å². The summed E-state index contributed by atoms with van der Waals surface area (Å²) in [6, 6.07) is 7.84. The molecule has 0 bridgehead atoms. The molecule has 0 saturated heterocycles. The molecule has 1 aromatic rings. The van der Waals surface area contributed by atoms with E-state index in [-0.39, 0.29) is 30.8 Å². The van der Waals surface area contributed by atoms with Gasteiger partial charge < -0.3 is 14.6 Å². The lowest BCUT2D eigenvalue weighted by atomic mass is 9.73. The van der Waals surface area contributed by atoms with Crippen LogP contribution in [-0.2, 0) is 19.1 Å². The second-order valence-corrected chi connectivity index (χ2v) is 6.17. The fourth-order valence-electron chi connectivity index (χ4n) is 3.53. The summed E-state index contributed by atoms with van der Waals surface area (Å²) in [5.74, 6) is -9.11. The third-order valence-electron chi connectivity index (χ3n) is 4.63. The number of ketones is 1. The lowest BCUT2D eigenvalue weighted by Gasteiger charge is -2.43. The molecular weight excluding hydrogens is 353 g/mol. The van der Waals surface area contributed by atoms with E-state index >= 15 is 0 Å². The summed E-state index contributed by atoms with van der Waals surface area (Å²) in [7, 11) is 0. The van der Waals surface area contributed by atoms with Crippen molar-refractivity contribution in [2.45, 2.75) is 37.6 Å². The van der Waals surface area contributed by atoms with Crippen molar-refractivity contribution in [3.8, 4) is 0 Å². The van der Waals surface area contributed by atoms with Gasteiger partial charge in [0.15, 0.2) is 5.78 Å². The summed E-state index contributed by atoms with van der Waals surface area (Å²) < 4.78 is 50.8. The third kappa shape index (κ3) is 2.78. The average Bonchev–Trinajstić information content (AvgIpc) is 2.94. The minimum Gasteiger partial charge on any atom is -0.466 e. The molecule has 1 aliphatic carbocycles. The van der Waals surface area contributed by atoms with Crippen LogP contribution in [-0.4, -0.2) is 35.4 Å². The highest BCUT2D eigenvalue weighted by atomic mass is 19.4. The Morgan fingerprint density at radius 2 is 1.96 bits per heavy atom. The first kappa shape index (κ1) is 18.4. The van der Waals surface area contributed by atoms with Crippen molar-refractivity contribution < 1.29 is 37.3 Å². The van der Waals surface area contributed by atoms with Crippen LogP contribution in [0.4, 0.5) is 13.2 Å². The van der Waals surface area contributed by atoms with Crippen LogP contribution in [0.25, 0.3) is 0 Å². The molecule has 3 unspecified atom stereocenters. The summed E-state index contributed by atoms with van der Waals surface area (Å²) in [6.45, 7) is 1.27. The molecule has 8 heteroatoms. The molecule has 1 N–H and O–H groups in total. The maximum Gasteiger partial charge on any atom is 0.456 e. The molecule has 3 atom stereocenters. The van der Waals surface area contributed by atoms with Crippen molar-refractivity contribution in [1.29, 1.82) is 0 Å². The molecule has 1 aliphatic heterocycles. The van der Waals surface area contributed by atoms with E-state index in [1.807, 2.05) is 0 Å². The Morgan fingerprint density at radius 1 is 1.31 bits per heavy atom. The number of aliphatic hydroxyl groups is 1. The van der Waals surface area contributed by atoms with Crippen LogP contribution in [0.1, 0.15) is 31.2 Å². The van der Waals surface area contributed by atoms with Crippen LogP contribution in [0.3, 0.4) is 0 Å². The molecule has 1 aromatic carbocycles. The molecule has 0 aromatic heterocycles. The molecule has 5 nitrogen and oxygen atoms in total. The second kappa shape index (κ2) is 6.42. The number of hydrogen-bond acceptors (Lipinski definition) is 5. The van der Waals surface area contributed by atoms with Crippen LogP contribution in [0.2, 0.25) is 0 Å². The van der Waals surface area contributed by atoms with Gasteiger partial charge in [0.25, 0.3) is 0 Å². The van der Waals surface area contributed by atoms with Crippen LogP contribution < -0.4 is 0 Å². The second-order valence-electron chi connectivity index (χ2n) is 6.17. The number of benzene rings is 1. The molecule has 26 heavy (non-hydrogen) atoms. The Bertz CT molecular complexity index is 756. The predicted octanol–water partition coefficient (Wildman–Crippen LogP) is 2.85. The van der Waals surface area contributed by atoms with Gasteiger partial charge in [0.05, 0.1) is 6.61 Å². The topological polar surface area (TPSA) is 72.8 Å². The highest BCUT2D eigenvalue weighted by molar-refractivity contribution is 6.01. The third-order valence-corrected chi connectivity index (χ3v) is 4.63. The summed E-state index contributed by atoms with van der Waals surface area (Å²) >= 11 is 0. The molecule has 140 valence electrons. The number of esters is 1. The van der Waals surface area contributed by atoms with Crippen LogP contribution >= 0.6 is 0 Å². The molecule has 0 amide bonds. The van der Waals surface area contributed by atoms with Gasteiger partial charge in [0, 0.05) is 24.3 Å². The molecule has 2 aliphatic rings. The lowest BCUT2D eigenvalue weighted by Crippen LogP contribution is -2.60. The van der Waals surface area contributed by atoms with E-state index < -0.39 is 35.6 Å². The largest absolute Gasteiger partial charge is 0.466 e. The van der Waals surface area contributed by atoms with Gasteiger partial charge in [-0.1, -0.05) is 30.3 Å². The van der Waals surface area contributed by atoms with E-state index in [1.54, 1.807) is 18.2 Å². The molecule has 0 radical (unpaired) electrons. The summed E-state index contributed by atoms with van der Waals surface area (Å²) in [5.41, 5.74) is 0.308. The number of alkyl halides is 3. The molecule has 3 rings (SSSR count). The van der Waals surface area contributed by atoms with Crippen molar-refractivity contribution in [3.63, 3.8) is 0 Å². The van der Waals surface area contributed by atoms with Gasteiger partial charge in [-0.25, -0.2) is 0 Å². The highest BCUT2D eigenvalue weighted by Gasteiger charge is 2.70. The summed E-state index contributed by atoms with van der Waals surface area (Å²) in [4.78, 5) is 24.8. The monoisotopic (exact) mass is 370 g/mol. The Balaban J connectivity index is 2.24. The normalized spacial score (nSPS) is 28.6. The maximum atomic E-state index is 13.7. The SMILES string of the molecule is CCOC(=O)C1C(c2ccccc2)C2=C(CCC2=O)OC1(O)C(F)(F)F. The molecule has 0 fully saturated rings. The van der Waals surface area contributed by atoms with Crippen molar-refractivity contribution in [2.75, 3.05) is 6.61 Å². The fraction of sp³-hybridized carbons (Fsp3) is 0.444. The quantitative estimate of drug-likeness (QED) is 0.829. The van der Waals surface area contributed by atoms with Gasteiger partial charge in [-0.15, -0.1) is 0 Å². The first-order valence-corrected chi connectivity index (χ1v) is 8.16. The minimum absolute atomic E-state index is 0.00294. The maximum absolute atomic E-state index is 13.7. The standard InChI is InChI=1S/C18H17F3O5/c1-2-25-16(23)15-13(10-6-4-3-5-7-10)14-11(22)8-9-12(14)26-17(15,24)18(19,20)21/h3-7,13,15,24H,2,8-9H2,1H3. The summed E-state index contributed by atoms with van der Waals surface area (Å²) in [6.07, 6.45) is -5.34. The number of Topliss-reactive ketones (excluding diaryl/α,β-unsaturated/α-hetero) is 1. The van der Waals surface area contributed by atoms with Gasteiger partial charge >= 0.3 is 17.9 Å². The molecule has 0 saturated carbocycles. The van der Waals surface area contributed by atoms with Gasteiger partial charge in [-0.3, -0.25) is 9.59 Å². The number of carbonyl (C=O) groups is 2. The van der Waals surface area contributed by atoms with E-state index in [0.29, 0.717) is 5.56 Å². The Kier molecular flexibility index (Phi) is 4.56. The fourth-order valence-corrected chi connectivity index (χ4v) is 3.53. The van der Waals surface area contributed by atoms with Crippen molar-refractivity contribution in [3.05, 3.63) is 47.2 Å². The zero-order valence-corrected chi connectivity index (χ0v) is 13.9.